The van der Waals surface area contributed by atoms with E-state index in [1.54, 1.807) is 16.8 Å². The Morgan fingerprint density at radius 2 is 1.69 bits per heavy atom. The molecule has 5 rings (SSSR count). The third-order valence-electron chi connectivity index (χ3n) is 4.40. The van der Waals surface area contributed by atoms with Crippen LogP contribution in [0.1, 0.15) is 16.5 Å². The quantitative estimate of drug-likeness (QED) is 0.314. The Balaban J connectivity index is 1.37. The van der Waals surface area contributed by atoms with E-state index >= 15 is 0 Å². The molecule has 5 aromatic rings. The summed E-state index contributed by atoms with van der Waals surface area (Å²) in [4.78, 5) is 17.1. The van der Waals surface area contributed by atoms with Gasteiger partial charge in [-0.05, 0) is 40.2 Å². The van der Waals surface area contributed by atoms with Crippen LogP contribution in [0, 0.1) is 0 Å². The first kappa shape index (κ1) is 19.9. The number of hydrogen-bond donors (Lipinski definition) is 0. The number of hydrogen-bond acceptors (Lipinski definition) is 8. The highest BCUT2D eigenvalue weighted by molar-refractivity contribution is 9.10. The Labute approximate surface area is 189 Å². The van der Waals surface area contributed by atoms with Crippen LogP contribution in [0.25, 0.3) is 28.7 Å². The van der Waals surface area contributed by atoms with Crippen molar-refractivity contribution >= 4 is 21.9 Å². The molecule has 0 atom stereocenters. The number of benzene rings is 2. The van der Waals surface area contributed by atoms with Crippen LogP contribution in [-0.2, 0) is 11.3 Å². The van der Waals surface area contributed by atoms with Gasteiger partial charge in [-0.15, -0.1) is 15.3 Å². The van der Waals surface area contributed by atoms with E-state index in [-0.39, 0.29) is 24.2 Å². The lowest BCUT2D eigenvalue weighted by atomic mass is 10.2. The summed E-state index contributed by atoms with van der Waals surface area (Å²) in [6.07, 6.45) is 0. The molecule has 0 radical (unpaired) electrons. The summed E-state index contributed by atoms with van der Waals surface area (Å²) >= 11 is 3.21. The van der Waals surface area contributed by atoms with Gasteiger partial charge in [0.1, 0.15) is 0 Å². The normalized spacial score (nSPS) is 10.9. The molecule has 0 bridgehead atoms. The second kappa shape index (κ2) is 8.60. The van der Waals surface area contributed by atoms with Gasteiger partial charge in [0.25, 0.3) is 17.6 Å². The number of halogens is 1. The maximum Gasteiger partial charge on any atom is 0.378 e. The number of esters is 1. The van der Waals surface area contributed by atoms with E-state index in [0.29, 0.717) is 16.3 Å². The zero-order valence-corrected chi connectivity index (χ0v) is 18.0. The fraction of sp³-hybridized carbons (Fsp3) is 0.0455. The number of furan rings is 1. The molecule has 0 saturated heterocycles. The zero-order valence-electron chi connectivity index (χ0n) is 16.4. The van der Waals surface area contributed by atoms with Crippen molar-refractivity contribution in [2.24, 2.45) is 0 Å². The zero-order chi connectivity index (χ0) is 21.9. The maximum absolute atomic E-state index is 12.7. The first-order valence-electron chi connectivity index (χ1n) is 9.50. The largest absolute Gasteiger partial charge is 0.450 e. The van der Waals surface area contributed by atoms with Gasteiger partial charge >= 0.3 is 5.97 Å². The van der Waals surface area contributed by atoms with Crippen molar-refractivity contribution in [3.8, 4) is 28.7 Å². The Morgan fingerprint density at radius 3 is 2.41 bits per heavy atom. The minimum absolute atomic E-state index is 0.0811. The minimum Gasteiger partial charge on any atom is -0.450 e. The summed E-state index contributed by atoms with van der Waals surface area (Å²) in [5.74, 6) is 0.427. The lowest BCUT2D eigenvalue weighted by molar-refractivity contribution is 0.0424. The van der Waals surface area contributed by atoms with Crippen LogP contribution in [0.2, 0.25) is 0 Å². The van der Waals surface area contributed by atoms with E-state index in [1.165, 1.54) is 0 Å². The summed E-state index contributed by atoms with van der Waals surface area (Å²) in [6, 6.07) is 22.3. The highest BCUT2D eigenvalue weighted by Gasteiger charge is 2.21. The van der Waals surface area contributed by atoms with Crippen molar-refractivity contribution in [3.63, 3.8) is 0 Å². The molecule has 32 heavy (non-hydrogen) atoms. The first-order valence-corrected chi connectivity index (χ1v) is 10.3. The van der Waals surface area contributed by atoms with E-state index < -0.39 is 5.97 Å². The highest BCUT2D eigenvalue weighted by Crippen LogP contribution is 2.24. The molecule has 0 aliphatic rings. The Hall–Kier alpha value is -4.05. The standard InChI is InChI=1S/C22H14BrN5O4/c23-17-12-11-16(31-17)21-26-25-18(32-21)13-30-22(29)19-24-20(14-7-3-1-4-8-14)28(27-19)15-9-5-2-6-10-15/h1-12H,13H2. The molecule has 0 saturated carbocycles. The fourth-order valence-electron chi connectivity index (χ4n) is 2.95. The van der Waals surface area contributed by atoms with Gasteiger partial charge in [0.15, 0.2) is 22.9 Å². The van der Waals surface area contributed by atoms with Crippen molar-refractivity contribution in [1.29, 1.82) is 0 Å². The van der Waals surface area contributed by atoms with E-state index in [0.717, 1.165) is 11.3 Å². The predicted molar refractivity (Wildman–Crippen MR) is 116 cm³/mol. The predicted octanol–water partition coefficient (Wildman–Crippen LogP) is 4.70. The number of carbonyl (C=O) groups is 1. The van der Waals surface area contributed by atoms with E-state index in [2.05, 4.69) is 36.2 Å². The van der Waals surface area contributed by atoms with Crippen LogP contribution in [0.5, 0.6) is 0 Å². The summed E-state index contributed by atoms with van der Waals surface area (Å²) in [5, 5.41) is 12.1. The highest BCUT2D eigenvalue weighted by atomic mass is 79.9. The first-order chi connectivity index (χ1) is 15.7. The van der Waals surface area contributed by atoms with Gasteiger partial charge in [-0.25, -0.2) is 14.5 Å². The number of aromatic nitrogens is 5. The van der Waals surface area contributed by atoms with E-state index in [4.69, 9.17) is 13.6 Å². The molecule has 2 aromatic carbocycles. The maximum atomic E-state index is 12.7. The molecule has 9 nitrogen and oxygen atoms in total. The molecule has 0 amide bonds. The molecule has 0 fully saturated rings. The van der Waals surface area contributed by atoms with Gasteiger partial charge in [0, 0.05) is 5.56 Å². The second-order valence-electron chi connectivity index (χ2n) is 6.55. The molecule has 0 unspecified atom stereocenters. The van der Waals surface area contributed by atoms with Crippen LogP contribution in [-0.4, -0.2) is 30.9 Å². The molecule has 0 spiro atoms. The Bertz CT molecular complexity index is 1300. The average Bonchev–Trinajstić information content (AvgIpc) is 3.58. The molecule has 0 aliphatic heterocycles. The monoisotopic (exact) mass is 491 g/mol. The molecule has 158 valence electrons. The SMILES string of the molecule is O=C(OCc1nnc(-c2ccc(Br)o2)o1)c1nc(-c2ccccc2)n(-c2ccccc2)n1. The van der Waals surface area contributed by atoms with Crippen LogP contribution in [0.15, 0.2) is 86.3 Å². The lowest BCUT2D eigenvalue weighted by Gasteiger charge is -2.05. The summed E-state index contributed by atoms with van der Waals surface area (Å²) in [6.45, 7) is -0.228. The van der Waals surface area contributed by atoms with Crippen molar-refractivity contribution in [2.75, 3.05) is 0 Å². The van der Waals surface area contributed by atoms with Crippen molar-refractivity contribution in [3.05, 3.63) is 89.2 Å². The number of para-hydroxylation sites is 1. The second-order valence-corrected chi connectivity index (χ2v) is 7.33. The van der Waals surface area contributed by atoms with Crippen LogP contribution in [0.3, 0.4) is 0 Å². The number of rotatable bonds is 6. The van der Waals surface area contributed by atoms with Gasteiger partial charge < -0.3 is 13.6 Å². The Kier molecular flexibility index (Phi) is 5.34. The molecule has 3 aromatic heterocycles. The van der Waals surface area contributed by atoms with Crippen molar-refractivity contribution in [1.82, 2.24) is 25.0 Å². The molecule has 0 N–H and O–H groups in total. The third kappa shape index (κ3) is 4.08. The van der Waals surface area contributed by atoms with Gasteiger partial charge in [0.05, 0.1) is 5.69 Å². The minimum atomic E-state index is -0.711. The number of nitrogens with zero attached hydrogens (tertiary/aromatic N) is 5. The smallest absolute Gasteiger partial charge is 0.378 e. The molecular formula is C22H14BrN5O4. The number of ether oxygens (including phenoxy) is 1. The molecule has 0 aliphatic carbocycles. The Morgan fingerprint density at radius 1 is 0.938 bits per heavy atom. The summed E-state index contributed by atoms with van der Waals surface area (Å²) in [5.41, 5.74) is 1.58. The van der Waals surface area contributed by atoms with E-state index in [9.17, 15) is 4.79 Å². The van der Waals surface area contributed by atoms with Gasteiger partial charge in [-0.1, -0.05) is 48.5 Å². The van der Waals surface area contributed by atoms with Gasteiger partial charge in [-0.3, -0.25) is 0 Å². The van der Waals surface area contributed by atoms with Crippen molar-refractivity contribution < 1.29 is 18.4 Å². The number of carbonyl (C=O) groups excluding carboxylic acids is 1. The average molecular weight is 492 g/mol. The van der Waals surface area contributed by atoms with Crippen LogP contribution < -0.4 is 0 Å². The van der Waals surface area contributed by atoms with Gasteiger partial charge in [-0.2, -0.15) is 0 Å². The summed E-state index contributed by atoms with van der Waals surface area (Å²) in [7, 11) is 0. The summed E-state index contributed by atoms with van der Waals surface area (Å²) < 4.78 is 18.3. The topological polar surface area (TPSA) is 109 Å². The van der Waals surface area contributed by atoms with Crippen molar-refractivity contribution in [2.45, 2.75) is 6.61 Å². The van der Waals surface area contributed by atoms with Gasteiger partial charge in [0.2, 0.25) is 0 Å². The van der Waals surface area contributed by atoms with Crippen LogP contribution >= 0.6 is 15.9 Å². The molecular weight excluding hydrogens is 478 g/mol. The third-order valence-corrected chi connectivity index (χ3v) is 4.83. The molecule has 10 heteroatoms. The van der Waals surface area contributed by atoms with Crippen LogP contribution in [0.4, 0.5) is 0 Å². The lowest BCUT2D eigenvalue weighted by Crippen LogP contribution is -2.08. The molecule has 3 heterocycles. The van der Waals surface area contributed by atoms with E-state index in [1.807, 2.05) is 60.7 Å². The fourth-order valence-corrected chi connectivity index (χ4v) is 3.26.